The molecule has 9 heteroatoms. The average Bonchev–Trinajstić information content (AvgIpc) is 2.71. The first-order valence-corrected chi connectivity index (χ1v) is 11.1. The third kappa shape index (κ3) is 3.41. The molecular formula is C14H19ClN2O4S2. The quantitative estimate of drug-likeness (QED) is 0.862. The van der Waals surface area contributed by atoms with Crippen LogP contribution in [0.5, 0.6) is 0 Å². The number of rotatable bonds is 4. The predicted molar refractivity (Wildman–Crippen MR) is 88.3 cm³/mol. The Balaban J connectivity index is 1.78. The van der Waals surface area contributed by atoms with Crippen molar-refractivity contribution in [1.82, 2.24) is 9.03 Å². The summed E-state index contributed by atoms with van der Waals surface area (Å²) in [6.07, 6.45) is 3.76. The van der Waals surface area contributed by atoms with Crippen molar-refractivity contribution < 1.29 is 16.8 Å². The van der Waals surface area contributed by atoms with E-state index in [2.05, 4.69) is 4.72 Å². The lowest BCUT2D eigenvalue weighted by Crippen LogP contribution is -2.52. The van der Waals surface area contributed by atoms with Gasteiger partial charge in [0.2, 0.25) is 20.0 Å². The van der Waals surface area contributed by atoms with Gasteiger partial charge >= 0.3 is 0 Å². The van der Waals surface area contributed by atoms with Gasteiger partial charge in [0.15, 0.2) is 0 Å². The molecule has 2 unspecified atom stereocenters. The standard InChI is InChI=1S/C14H19ClN2O4S2/c1-22(18,19)17-11-6-7-12(17)9-10(8-11)16-23(20,21)14-5-3-2-4-13(14)15/h2-5,10-12,16H,6-9H2,1H3. The van der Waals surface area contributed by atoms with E-state index in [0.29, 0.717) is 12.8 Å². The Kier molecular flexibility index (Phi) is 4.48. The SMILES string of the molecule is CS(=O)(=O)N1C2CCC1CC(NS(=O)(=O)c1ccccc1Cl)C2. The molecule has 6 nitrogen and oxygen atoms in total. The summed E-state index contributed by atoms with van der Waals surface area (Å²) in [7, 11) is -6.97. The van der Waals surface area contributed by atoms with Crippen molar-refractivity contribution >= 4 is 31.6 Å². The van der Waals surface area contributed by atoms with Gasteiger partial charge < -0.3 is 0 Å². The van der Waals surface area contributed by atoms with Crippen LogP contribution in [0.2, 0.25) is 5.02 Å². The minimum atomic E-state index is -3.71. The molecule has 1 aromatic rings. The van der Waals surface area contributed by atoms with E-state index < -0.39 is 20.0 Å². The van der Waals surface area contributed by atoms with Crippen LogP contribution in [-0.4, -0.2) is 45.5 Å². The van der Waals surface area contributed by atoms with Crippen molar-refractivity contribution in [1.29, 1.82) is 0 Å². The predicted octanol–water partition coefficient (Wildman–Crippen LogP) is 1.57. The zero-order valence-electron chi connectivity index (χ0n) is 12.6. The van der Waals surface area contributed by atoms with Crippen LogP contribution < -0.4 is 4.72 Å². The highest BCUT2D eigenvalue weighted by molar-refractivity contribution is 7.89. The zero-order valence-corrected chi connectivity index (χ0v) is 15.0. The van der Waals surface area contributed by atoms with E-state index in [-0.39, 0.29) is 28.0 Å². The van der Waals surface area contributed by atoms with E-state index in [1.807, 2.05) is 0 Å². The third-order valence-electron chi connectivity index (χ3n) is 4.50. The second-order valence-corrected chi connectivity index (χ2v) is 10.2. The number of hydrogen-bond acceptors (Lipinski definition) is 4. The topological polar surface area (TPSA) is 83.6 Å². The van der Waals surface area contributed by atoms with Crippen molar-refractivity contribution in [2.75, 3.05) is 6.26 Å². The molecule has 23 heavy (non-hydrogen) atoms. The van der Waals surface area contributed by atoms with Crippen LogP contribution >= 0.6 is 11.6 Å². The fourth-order valence-electron chi connectivity index (χ4n) is 3.72. The van der Waals surface area contributed by atoms with Crippen LogP contribution in [0.15, 0.2) is 29.2 Å². The molecule has 2 aliphatic heterocycles. The van der Waals surface area contributed by atoms with Crippen LogP contribution in [0.3, 0.4) is 0 Å². The first-order valence-electron chi connectivity index (χ1n) is 7.44. The van der Waals surface area contributed by atoms with Crippen molar-refractivity contribution in [2.24, 2.45) is 0 Å². The molecule has 0 saturated carbocycles. The molecule has 128 valence electrons. The van der Waals surface area contributed by atoms with Gasteiger partial charge in [-0.25, -0.2) is 21.6 Å². The van der Waals surface area contributed by atoms with Gasteiger partial charge in [0.25, 0.3) is 0 Å². The van der Waals surface area contributed by atoms with Gasteiger partial charge in [-0.2, -0.15) is 4.31 Å². The average molecular weight is 379 g/mol. The largest absolute Gasteiger partial charge is 0.242 e. The maximum absolute atomic E-state index is 12.5. The number of piperidine rings is 1. The van der Waals surface area contributed by atoms with E-state index in [1.54, 1.807) is 16.4 Å². The highest BCUT2D eigenvalue weighted by Crippen LogP contribution is 2.38. The van der Waals surface area contributed by atoms with E-state index in [9.17, 15) is 16.8 Å². The Labute approximate surface area is 141 Å². The maximum atomic E-state index is 12.5. The fraction of sp³-hybridized carbons (Fsp3) is 0.571. The monoisotopic (exact) mass is 378 g/mol. The Hall–Kier alpha value is -0.670. The Morgan fingerprint density at radius 2 is 1.65 bits per heavy atom. The first kappa shape index (κ1) is 17.2. The molecule has 2 fully saturated rings. The number of halogens is 1. The molecule has 2 atom stereocenters. The molecule has 2 saturated heterocycles. The zero-order chi connectivity index (χ0) is 16.8. The minimum absolute atomic E-state index is 0.0551. The molecule has 2 heterocycles. The summed E-state index contributed by atoms with van der Waals surface area (Å²) in [4.78, 5) is 0.0551. The van der Waals surface area contributed by atoms with Crippen LogP contribution in [-0.2, 0) is 20.0 Å². The summed E-state index contributed by atoms with van der Waals surface area (Å²) in [5.41, 5.74) is 0. The summed E-state index contributed by atoms with van der Waals surface area (Å²) in [6.45, 7) is 0. The molecule has 1 aromatic carbocycles. The summed E-state index contributed by atoms with van der Waals surface area (Å²) < 4.78 is 53.0. The van der Waals surface area contributed by atoms with Crippen LogP contribution in [0.4, 0.5) is 0 Å². The number of hydrogen-bond donors (Lipinski definition) is 1. The van der Waals surface area contributed by atoms with Gasteiger partial charge in [-0.3, -0.25) is 0 Å². The summed E-state index contributed by atoms with van der Waals surface area (Å²) in [5, 5.41) is 0.177. The minimum Gasteiger partial charge on any atom is -0.212 e. The van der Waals surface area contributed by atoms with Crippen molar-refractivity contribution in [3.8, 4) is 0 Å². The van der Waals surface area contributed by atoms with E-state index in [1.165, 1.54) is 18.4 Å². The van der Waals surface area contributed by atoms with Crippen molar-refractivity contribution in [3.05, 3.63) is 29.3 Å². The summed E-state index contributed by atoms with van der Waals surface area (Å²) in [5.74, 6) is 0. The Morgan fingerprint density at radius 3 is 2.17 bits per heavy atom. The normalized spacial score (nSPS) is 28.9. The molecule has 1 N–H and O–H groups in total. The van der Waals surface area contributed by atoms with Gasteiger partial charge in [0, 0.05) is 18.1 Å². The molecule has 3 rings (SSSR count). The van der Waals surface area contributed by atoms with Gasteiger partial charge in [-0.05, 0) is 37.8 Å². The second kappa shape index (κ2) is 6.00. The van der Waals surface area contributed by atoms with Crippen molar-refractivity contribution in [2.45, 2.75) is 48.7 Å². The first-order chi connectivity index (χ1) is 10.7. The number of fused-ring (bicyclic) bond motifs is 2. The van der Waals surface area contributed by atoms with Gasteiger partial charge in [-0.15, -0.1) is 0 Å². The second-order valence-electron chi connectivity index (χ2n) is 6.20. The molecule has 0 aromatic heterocycles. The molecule has 0 spiro atoms. The van der Waals surface area contributed by atoms with Crippen LogP contribution in [0, 0.1) is 0 Å². The van der Waals surface area contributed by atoms with Crippen LogP contribution in [0.1, 0.15) is 25.7 Å². The summed E-state index contributed by atoms with van der Waals surface area (Å²) >= 11 is 5.97. The highest BCUT2D eigenvalue weighted by Gasteiger charge is 2.46. The van der Waals surface area contributed by atoms with E-state index in [0.717, 1.165) is 12.8 Å². The molecule has 0 amide bonds. The maximum Gasteiger partial charge on any atom is 0.242 e. The summed E-state index contributed by atoms with van der Waals surface area (Å²) in [6, 6.07) is 5.77. The lowest BCUT2D eigenvalue weighted by atomic mass is 10.0. The van der Waals surface area contributed by atoms with Gasteiger partial charge in [-0.1, -0.05) is 23.7 Å². The Morgan fingerprint density at radius 1 is 1.09 bits per heavy atom. The number of sulfonamides is 2. The van der Waals surface area contributed by atoms with E-state index >= 15 is 0 Å². The third-order valence-corrected chi connectivity index (χ3v) is 7.88. The number of benzene rings is 1. The lowest BCUT2D eigenvalue weighted by molar-refractivity contribution is 0.221. The Bertz CT molecular complexity index is 796. The van der Waals surface area contributed by atoms with E-state index in [4.69, 9.17) is 11.6 Å². The molecule has 2 aliphatic rings. The van der Waals surface area contributed by atoms with Gasteiger partial charge in [0.1, 0.15) is 4.90 Å². The lowest BCUT2D eigenvalue weighted by Gasteiger charge is -2.37. The smallest absolute Gasteiger partial charge is 0.212 e. The molecule has 0 aliphatic carbocycles. The number of nitrogens with one attached hydrogen (secondary N) is 1. The fourth-order valence-corrected chi connectivity index (χ4v) is 6.96. The van der Waals surface area contributed by atoms with Crippen LogP contribution in [0.25, 0.3) is 0 Å². The van der Waals surface area contributed by atoms with Crippen molar-refractivity contribution in [3.63, 3.8) is 0 Å². The molecule has 2 bridgehead atoms. The highest BCUT2D eigenvalue weighted by atomic mass is 35.5. The van der Waals surface area contributed by atoms with Gasteiger partial charge in [0.05, 0.1) is 11.3 Å². The molecular weight excluding hydrogens is 360 g/mol. The molecule has 0 radical (unpaired) electrons. The number of nitrogens with zero attached hydrogens (tertiary/aromatic N) is 1.